The molecule has 1 fully saturated rings. The number of aromatic nitrogens is 1. The molecule has 1 unspecified atom stereocenters. The Bertz CT molecular complexity index is 587. The molecule has 1 aromatic rings. The van der Waals surface area contributed by atoms with Crippen LogP contribution < -0.4 is 0 Å². The highest BCUT2D eigenvalue weighted by atomic mass is 16.4. The maximum absolute atomic E-state index is 12.5. The van der Waals surface area contributed by atoms with E-state index in [1.54, 1.807) is 19.2 Å². The first kappa shape index (κ1) is 15.0. The van der Waals surface area contributed by atoms with Gasteiger partial charge in [0, 0.05) is 25.5 Å². The van der Waals surface area contributed by atoms with Crippen molar-refractivity contribution in [1.29, 1.82) is 0 Å². The van der Waals surface area contributed by atoms with Crippen LogP contribution in [0.5, 0.6) is 0 Å². The minimum atomic E-state index is -1.06. The van der Waals surface area contributed by atoms with Crippen LogP contribution in [0.2, 0.25) is 0 Å². The monoisotopic (exact) mass is 291 g/mol. The Morgan fingerprint density at radius 1 is 1.43 bits per heavy atom. The van der Waals surface area contributed by atoms with Gasteiger partial charge in [-0.25, -0.2) is 0 Å². The number of carboxylic acid groups (broad SMARTS) is 1. The number of hydrogen-bond donors (Lipinski definition) is 1. The molecule has 21 heavy (non-hydrogen) atoms. The first-order valence-electron chi connectivity index (χ1n) is 6.64. The second-order valence-corrected chi connectivity index (χ2v) is 5.02. The van der Waals surface area contributed by atoms with Crippen molar-refractivity contribution in [3.63, 3.8) is 0 Å². The summed E-state index contributed by atoms with van der Waals surface area (Å²) in [6.45, 7) is 3.62. The number of rotatable bonds is 3. The molecule has 1 aliphatic rings. The zero-order chi connectivity index (χ0) is 15.6. The van der Waals surface area contributed by atoms with Crippen molar-refractivity contribution in [3.8, 4) is 0 Å². The van der Waals surface area contributed by atoms with Gasteiger partial charge in [-0.2, -0.15) is 0 Å². The number of carbonyl (C=O) groups is 3. The molecular formula is C14H17N3O4. The maximum Gasteiger partial charge on any atom is 0.323 e. The van der Waals surface area contributed by atoms with Crippen LogP contribution in [0.4, 0.5) is 0 Å². The molecular weight excluding hydrogens is 274 g/mol. The average molecular weight is 291 g/mol. The third kappa shape index (κ3) is 3.01. The van der Waals surface area contributed by atoms with Crippen molar-refractivity contribution in [2.24, 2.45) is 0 Å². The third-order valence-electron chi connectivity index (χ3n) is 3.60. The quantitative estimate of drug-likeness (QED) is 0.856. The number of hydrogen-bond acceptors (Lipinski definition) is 4. The molecule has 0 aromatic carbocycles. The van der Waals surface area contributed by atoms with E-state index in [0.717, 1.165) is 5.56 Å². The van der Waals surface area contributed by atoms with Crippen LogP contribution in [0.25, 0.3) is 0 Å². The molecule has 7 nitrogen and oxygen atoms in total. The van der Waals surface area contributed by atoms with Crippen LogP contribution in [0.3, 0.4) is 0 Å². The number of carboxylic acids is 1. The second-order valence-electron chi connectivity index (χ2n) is 5.02. The van der Waals surface area contributed by atoms with Crippen molar-refractivity contribution in [1.82, 2.24) is 14.8 Å². The number of amides is 2. The van der Waals surface area contributed by atoms with E-state index < -0.39 is 12.0 Å². The Morgan fingerprint density at radius 2 is 2.14 bits per heavy atom. The SMILES string of the molecule is Cc1ccncc1C(=O)N1CCN(CC(=O)O)C(=O)C1C. The molecule has 0 aliphatic carbocycles. The molecule has 0 spiro atoms. The van der Waals surface area contributed by atoms with E-state index in [-0.39, 0.29) is 24.9 Å². The van der Waals surface area contributed by atoms with E-state index in [2.05, 4.69) is 4.98 Å². The molecule has 2 heterocycles. The van der Waals surface area contributed by atoms with E-state index in [4.69, 9.17) is 5.11 Å². The van der Waals surface area contributed by atoms with E-state index in [0.29, 0.717) is 12.1 Å². The summed E-state index contributed by atoms with van der Waals surface area (Å²) in [7, 11) is 0. The number of aryl methyl sites for hydroxylation is 1. The Balaban J connectivity index is 2.16. The summed E-state index contributed by atoms with van der Waals surface area (Å²) in [5, 5.41) is 8.78. The van der Waals surface area contributed by atoms with Gasteiger partial charge in [0.2, 0.25) is 5.91 Å². The highest BCUT2D eigenvalue weighted by Crippen LogP contribution is 2.16. The maximum atomic E-state index is 12.5. The molecule has 2 amide bonds. The fraction of sp³-hybridized carbons (Fsp3) is 0.429. The highest BCUT2D eigenvalue weighted by molar-refractivity contribution is 5.99. The van der Waals surface area contributed by atoms with Gasteiger partial charge in [0.1, 0.15) is 12.6 Å². The number of piperazine rings is 1. The van der Waals surface area contributed by atoms with Gasteiger partial charge in [0.25, 0.3) is 5.91 Å². The first-order chi connectivity index (χ1) is 9.91. The van der Waals surface area contributed by atoms with Gasteiger partial charge in [-0.3, -0.25) is 19.4 Å². The fourth-order valence-electron chi connectivity index (χ4n) is 2.37. The smallest absolute Gasteiger partial charge is 0.323 e. The molecule has 2 rings (SSSR count). The Morgan fingerprint density at radius 3 is 2.76 bits per heavy atom. The Kier molecular flexibility index (Phi) is 4.21. The number of aliphatic carboxylic acids is 1. The van der Waals surface area contributed by atoms with Crippen LogP contribution >= 0.6 is 0 Å². The molecule has 7 heteroatoms. The number of nitrogens with zero attached hydrogens (tertiary/aromatic N) is 3. The fourth-order valence-corrected chi connectivity index (χ4v) is 2.37. The van der Waals surface area contributed by atoms with E-state index >= 15 is 0 Å². The summed E-state index contributed by atoms with van der Waals surface area (Å²) < 4.78 is 0. The van der Waals surface area contributed by atoms with Crippen LogP contribution in [0.1, 0.15) is 22.8 Å². The van der Waals surface area contributed by atoms with Crippen molar-refractivity contribution < 1.29 is 19.5 Å². The van der Waals surface area contributed by atoms with E-state index in [1.807, 2.05) is 6.92 Å². The molecule has 1 aromatic heterocycles. The molecule has 0 radical (unpaired) electrons. The molecule has 0 saturated carbocycles. The first-order valence-corrected chi connectivity index (χ1v) is 6.64. The molecule has 0 bridgehead atoms. The largest absolute Gasteiger partial charge is 0.480 e. The Hall–Kier alpha value is -2.44. The molecule has 1 aliphatic heterocycles. The van der Waals surface area contributed by atoms with Gasteiger partial charge in [-0.1, -0.05) is 0 Å². The molecule has 112 valence electrons. The lowest BCUT2D eigenvalue weighted by Gasteiger charge is -2.38. The summed E-state index contributed by atoms with van der Waals surface area (Å²) in [5.74, 6) is -1.66. The van der Waals surface area contributed by atoms with Crippen LogP contribution in [0.15, 0.2) is 18.5 Å². The molecule has 1 saturated heterocycles. The zero-order valence-electron chi connectivity index (χ0n) is 11.9. The van der Waals surface area contributed by atoms with E-state index in [9.17, 15) is 14.4 Å². The molecule has 1 atom stereocenters. The van der Waals surface area contributed by atoms with Gasteiger partial charge < -0.3 is 14.9 Å². The van der Waals surface area contributed by atoms with Gasteiger partial charge in [-0.05, 0) is 25.5 Å². The summed E-state index contributed by atoms with van der Waals surface area (Å²) in [4.78, 5) is 42.0. The summed E-state index contributed by atoms with van der Waals surface area (Å²) in [6, 6.07) is 1.06. The van der Waals surface area contributed by atoms with Crippen LogP contribution in [0, 0.1) is 6.92 Å². The second kappa shape index (κ2) is 5.90. The lowest BCUT2D eigenvalue weighted by Crippen LogP contribution is -2.58. The minimum Gasteiger partial charge on any atom is -0.480 e. The van der Waals surface area contributed by atoms with Crippen molar-refractivity contribution in [3.05, 3.63) is 29.6 Å². The highest BCUT2D eigenvalue weighted by Gasteiger charge is 2.35. The van der Waals surface area contributed by atoms with E-state index in [1.165, 1.54) is 16.0 Å². The number of carbonyl (C=O) groups excluding carboxylic acids is 2. The van der Waals surface area contributed by atoms with Gasteiger partial charge in [0.05, 0.1) is 5.56 Å². The van der Waals surface area contributed by atoms with Gasteiger partial charge in [-0.15, -0.1) is 0 Å². The van der Waals surface area contributed by atoms with Crippen LogP contribution in [-0.2, 0) is 9.59 Å². The zero-order valence-corrected chi connectivity index (χ0v) is 11.9. The van der Waals surface area contributed by atoms with Crippen molar-refractivity contribution in [2.45, 2.75) is 19.9 Å². The van der Waals surface area contributed by atoms with Gasteiger partial charge in [0.15, 0.2) is 0 Å². The minimum absolute atomic E-state index is 0.223. The summed E-state index contributed by atoms with van der Waals surface area (Å²) >= 11 is 0. The standard InChI is InChI=1S/C14H17N3O4/c1-9-3-4-15-7-11(9)14(21)17-6-5-16(8-12(18)19)13(20)10(17)2/h3-4,7,10H,5-6,8H2,1-2H3,(H,18,19). The lowest BCUT2D eigenvalue weighted by molar-refractivity contribution is -0.148. The predicted octanol–water partition coefficient (Wildman–Crippen LogP) is 0.148. The van der Waals surface area contributed by atoms with Gasteiger partial charge >= 0.3 is 5.97 Å². The summed E-state index contributed by atoms with van der Waals surface area (Å²) in [6.07, 6.45) is 3.09. The Labute approximate surface area is 122 Å². The average Bonchev–Trinajstić information content (AvgIpc) is 2.43. The summed E-state index contributed by atoms with van der Waals surface area (Å²) in [5.41, 5.74) is 1.26. The number of pyridine rings is 1. The predicted molar refractivity (Wildman–Crippen MR) is 73.7 cm³/mol. The van der Waals surface area contributed by atoms with Crippen molar-refractivity contribution in [2.75, 3.05) is 19.6 Å². The topological polar surface area (TPSA) is 90.8 Å². The van der Waals surface area contributed by atoms with Crippen molar-refractivity contribution >= 4 is 17.8 Å². The van der Waals surface area contributed by atoms with Crippen LogP contribution in [-0.4, -0.2) is 63.4 Å². The lowest BCUT2D eigenvalue weighted by atomic mass is 10.1. The third-order valence-corrected chi connectivity index (χ3v) is 3.60. The molecule has 1 N–H and O–H groups in total. The normalized spacial score (nSPS) is 18.8.